The molecule has 126 valence electrons. The topological polar surface area (TPSA) is 68.5 Å². The molecular weight excluding hydrogens is 324 g/mol. The van der Waals surface area contributed by atoms with Crippen LogP contribution in [0.3, 0.4) is 0 Å². The first-order valence-corrected chi connectivity index (χ1v) is 8.80. The molecular formula is C17H20N4O2S. The number of fused-ring (bicyclic) bond motifs is 1. The highest BCUT2D eigenvalue weighted by Crippen LogP contribution is 2.23. The maximum atomic E-state index is 11.6. The Hall–Kier alpha value is -2.25. The van der Waals surface area contributed by atoms with Crippen molar-refractivity contribution in [1.29, 1.82) is 0 Å². The molecule has 3 rings (SSSR count). The fraction of sp³-hybridized carbons (Fsp3) is 0.353. The summed E-state index contributed by atoms with van der Waals surface area (Å²) in [5.74, 6) is 0.643. The van der Waals surface area contributed by atoms with E-state index in [0.29, 0.717) is 19.6 Å². The van der Waals surface area contributed by atoms with Gasteiger partial charge in [0.2, 0.25) is 10.9 Å². The summed E-state index contributed by atoms with van der Waals surface area (Å²) in [6.07, 6.45) is 0.703. The molecule has 24 heavy (non-hydrogen) atoms. The van der Waals surface area contributed by atoms with Gasteiger partial charge in [-0.25, -0.2) is 4.52 Å². The molecule has 1 aromatic carbocycles. The van der Waals surface area contributed by atoms with Crippen molar-refractivity contribution in [3.63, 3.8) is 0 Å². The average molecular weight is 344 g/mol. The summed E-state index contributed by atoms with van der Waals surface area (Å²) in [6.45, 7) is 5.12. The lowest BCUT2D eigenvalue weighted by atomic mass is 10.1. The zero-order chi connectivity index (χ0) is 16.9. The van der Waals surface area contributed by atoms with Crippen LogP contribution in [0.5, 0.6) is 0 Å². The Morgan fingerprint density at radius 2 is 2.21 bits per heavy atom. The minimum atomic E-state index is -0.0949. The number of nitrogens with zero attached hydrogens (tertiary/aromatic N) is 3. The first-order chi connectivity index (χ1) is 11.7. The predicted octanol–water partition coefficient (Wildman–Crippen LogP) is 2.46. The summed E-state index contributed by atoms with van der Waals surface area (Å²) in [6, 6.07) is 8.08. The Morgan fingerprint density at radius 1 is 1.38 bits per heavy atom. The highest BCUT2D eigenvalue weighted by molar-refractivity contribution is 7.15. The number of aryl methyl sites for hydroxylation is 1. The van der Waals surface area contributed by atoms with E-state index in [-0.39, 0.29) is 12.5 Å². The van der Waals surface area contributed by atoms with Gasteiger partial charge in [0.1, 0.15) is 6.61 Å². The van der Waals surface area contributed by atoms with Crippen molar-refractivity contribution in [1.82, 2.24) is 19.9 Å². The van der Waals surface area contributed by atoms with Gasteiger partial charge in [-0.3, -0.25) is 4.79 Å². The molecule has 2 heterocycles. The molecule has 0 radical (unpaired) electrons. The van der Waals surface area contributed by atoms with E-state index in [1.807, 2.05) is 35.0 Å². The molecule has 1 amide bonds. The molecule has 0 saturated carbocycles. The smallest absolute Gasteiger partial charge is 0.246 e. The third kappa shape index (κ3) is 3.63. The maximum Gasteiger partial charge on any atom is 0.246 e. The summed E-state index contributed by atoms with van der Waals surface area (Å²) in [7, 11) is 0. The van der Waals surface area contributed by atoms with Crippen LogP contribution in [0.2, 0.25) is 0 Å². The van der Waals surface area contributed by atoms with Crippen LogP contribution in [-0.4, -0.2) is 40.3 Å². The Morgan fingerprint density at radius 3 is 3.00 bits per heavy atom. The molecule has 0 aliphatic heterocycles. The van der Waals surface area contributed by atoms with Crippen LogP contribution in [0.4, 0.5) is 0 Å². The highest BCUT2D eigenvalue weighted by Gasteiger charge is 2.12. The van der Waals surface area contributed by atoms with Gasteiger partial charge in [0.15, 0.2) is 5.82 Å². The number of hydrogen-bond acceptors (Lipinski definition) is 5. The van der Waals surface area contributed by atoms with Gasteiger partial charge in [-0.05, 0) is 19.4 Å². The number of hydrogen-bond donors (Lipinski definition) is 1. The molecule has 0 spiro atoms. The fourth-order valence-corrected chi connectivity index (χ4v) is 3.27. The van der Waals surface area contributed by atoms with Gasteiger partial charge in [0, 0.05) is 30.5 Å². The number of carbonyl (C=O) groups excluding carboxylic acids is 1. The monoisotopic (exact) mass is 344 g/mol. The average Bonchev–Trinajstić information content (AvgIpc) is 3.15. The zero-order valence-electron chi connectivity index (χ0n) is 13.8. The van der Waals surface area contributed by atoms with Crippen LogP contribution in [0.1, 0.15) is 18.2 Å². The van der Waals surface area contributed by atoms with Gasteiger partial charge >= 0.3 is 0 Å². The Kier molecular flexibility index (Phi) is 5.22. The molecule has 3 aromatic rings. The number of ether oxygens (including phenoxy) is 1. The van der Waals surface area contributed by atoms with E-state index >= 15 is 0 Å². The van der Waals surface area contributed by atoms with Crippen LogP contribution < -0.4 is 5.32 Å². The van der Waals surface area contributed by atoms with Crippen LogP contribution >= 0.6 is 11.3 Å². The van der Waals surface area contributed by atoms with Crippen LogP contribution in [-0.2, 0) is 16.0 Å². The second-order valence-electron chi connectivity index (χ2n) is 5.41. The van der Waals surface area contributed by atoms with Crippen LogP contribution in [0, 0.1) is 6.92 Å². The molecule has 0 aliphatic rings. The van der Waals surface area contributed by atoms with Crippen molar-refractivity contribution in [3.05, 3.63) is 40.9 Å². The van der Waals surface area contributed by atoms with Crippen LogP contribution in [0.15, 0.2) is 29.6 Å². The van der Waals surface area contributed by atoms with Gasteiger partial charge in [-0.15, -0.1) is 16.4 Å². The van der Waals surface area contributed by atoms with Gasteiger partial charge in [0.25, 0.3) is 0 Å². The number of rotatable bonds is 7. The van der Waals surface area contributed by atoms with Crippen molar-refractivity contribution in [2.24, 2.45) is 0 Å². The minimum absolute atomic E-state index is 0.0949. The van der Waals surface area contributed by atoms with Gasteiger partial charge in [-0.1, -0.05) is 24.3 Å². The van der Waals surface area contributed by atoms with E-state index in [1.165, 1.54) is 0 Å². The number of benzene rings is 1. The number of nitrogens with one attached hydrogen (secondary N) is 1. The van der Waals surface area contributed by atoms with Crippen molar-refractivity contribution in [3.8, 4) is 11.4 Å². The Bertz CT molecular complexity index is 840. The first-order valence-electron chi connectivity index (χ1n) is 7.92. The molecule has 7 heteroatoms. The first kappa shape index (κ1) is 16.6. The number of carbonyl (C=O) groups is 1. The zero-order valence-corrected chi connectivity index (χ0v) is 14.6. The van der Waals surface area contributed by atoms with E-state index in [1.54, 1.807) is 11.3 Å². The molecule has 0 saturated heterocycles. The second kappa shape index (κ2) is 7.55. The lowest BCUT2D eigenvalue weighted by Crippen LogP contribution is -2.29. The van der Waals surface area contributed by atoms with Gasteiger partial charge in [-0.2, -0.15) is 4.98 Å². The van der Waals surface area contributed by atoms with Crippen LogP contribution in [0.25, 0.3) is 16.3 Å². The summed E-state index contributed by atoms with van der Waals surface area (Å²) in [5.41, 5.74) is 3.24. The summed E-state index contributed by atoms with van der Waals surface area (Å²) in [4.78, 5) is 17.0. The SMILES string of the molecule is CCOCC(=O)NCCc1csc2nc(-c3ccccc3C)nn12. The fourth-order valence-electron chi connectivity index (χ4n) is 2.41. The summed E-state index contributed by atoms with van der Waals surface area (Å²) >= 11 is 1.56. The van der Waals surface area contributed by atoms with E-state index in [4.69, 9.17) is 4.74 Å². The normalized spacial score (nSPS) is 11.1. The van der Waals surface area contributed by atoms with E-state index < -0.39 is 0 Å². The van der Waals surface area contributed by atoms with E-state index in [0.717, 1.165) is 27.6 Å². The van der Waals surface area contributed by atoms with E-state index in [2.05, 4.69) is 28.4 Å². The second-order valence-corrected chi connectivity index (χ2v) is 6.25. The standard InChI is InChI=1S/C17H20N4O2S/c1-3-23-10-15(22)18-9-8-13-11-24-17-19-16(20-21(13)17)14-7-5-4-6-12(14)2/h4-7,11H,3,8-10H2,1-2H3,(H,18,22). The number of amides is 1. The quantitative estimate of drug-likeness (QED) is 0.715. The molecule has 2 aromatic heterocycles. The molecule has 0 fully saturated rings. The molecule has 0 aliphatic carbocycles. The molecule has 0 unspecified atom stereocenters. The minimum Gasteiger partial charge on any atom is -0.372 e. The van der Waals surface area contributed by atoms with E-state index in [9.17, 15) is 4.79 Å². The molecule has 6 nitrogen and oxygen atoms in total. The van der Waals surface area contributed by atoms with Gasteiger partial charge < -0.3 is 10.1 Å². The molecule has 0 atom stereocenters. The number of thiazole rings is 1. The van der Waals surface area contributed by atoms with Crippen molar-refractivity contribution in [2.45, 2.75) is 20.3 Å². The summed E-state index contributed by atoms with van der Waals surface area (Å²) in [5, 5.41) is 9.51. The predicted molar refractivity (Wildman–Crippen MR) is 94.2 cm³/mol. The third-order valence-corrected chi connectivity index (χ3v) is 4.54. The Balaban J connectivity index is 1.70. The maximum absolute atomic E-state index is 11.6. The van der Waals surface area contributed by atoms with Crippen molar-refractivity contribution < 1.29 is 9.53 Å². The van der Waals surface area contributed by atoms with Crippen molar-refractivity contribution in [2.75, 3.05) is 19.8 Å². The highest BCUT2D eigenvalue weighted by atomic mass is 32.1. The Labute approximate surface area is 144 Å². The molecule has 1 N–H and O–H groups in total. The third-order valence-electron chi connectivity index (χ3n) is 3.68. The lowest BCUT2D eigenvalue weighted by molar-refractivity contribution is -0.125. The van der Waals surface area contributed by atoms with Gasteiger partial charge in [0.05, 0.1) is 5.69 Å². The molecule has 0 bridgehead atoms. The largest absolute Gasteiger partial charge is 0.372 e. The lowest BCUT2D eigenvalue weighted by Gasteiger charge is -2.04. The number of aromatic nitrogens is 3. The van der Waals surface area contributed by atoms with Crippen molar-refractivity contribution >= 4 is 22.2 Å². The summed E-state index contributed by atoms with van der Waals surface area (Å²) < 4.78 is 6.94.